The molecule has 4 aromatic carbocycles. The Morgan fingerprint density at radius 3 is 2.26 bits per heavy atom. The highest BCUT2D eigenvalue weighted by Gasteiger charge is 2.29. The summed E-state index contributed by atoms with van der Waals surface area (Å²) in [6.07, 6.45) is 0.197. The Bertz CT molecular complexity index is 1430. The lowest BCUT2D eigenvalue weighted by molar-refractivity contribution is 0.152. The molecule has 0 aromatic heterocycles. The number of ether oxygens (including phenoxy) is 1. The first kappa shape index (κ1) is 22.4. The van der Waals surface area contributed by atoms with Crippen LogP contribution < -0.4 is 4.74 Å². The predicted molar refractivity (Wildman–Crippen MR) is 134 cm³/mol. The molecule has 5 heteroatoms. The molecule has 4 aromatic rings. The maximum absolute atomic E-state index is 12.7. The largest absolute Gasteiger partial charge is 0.487 e. The summed E-state index contributed by atoms with van der Waals surface area (Å²) >= 11 is 0. The van der Waals surface area contributed by atoms with Gasteiger partial charge in [0.15, 0.2) is 0 Å². The average molecular weight is 471 g/mol. The van der Waals surface area contributed by atoms with Crippen molar-refractivity contribution < 1.29 is 17.3 Å². The zero-order chi connectivity index (χ0) is 23.7. The summed E-state index contributed by atoms with van der Waals surface area (Å²) in [6.45, 7) is 3.94. The molecule has 0 fully saturated rings. The van der Waals surface area contributed by atoms with Crippen LogP contribution in [0.1, 0.15) is 16.7 Å². The molecule has 1 aliphatic rings. The van der Waals surface area contributed by atoms with E-state index in [0.717, 1.165) is 39.1 Å². The van der Waals surface area contributed by atoms with Crippen molar-refractivity contribution in [3.05, 3.63) is 108 Å². The normalized spacial score (nSPS) is 15.1. The van der Waals surface area contributed by atoms with Gasteiger partial charge in [-0.1, -0.05) is 77.9 Å². The molecule has 0 saturated heterocycles. The van der Waals surface area contributed by atoms with Gasteiger partial charge in [0.05, 0.1) is 4.90 Å². The summed E-state index contributed by atoms with van der Waals surface area (Å²) in [5.74, 6) is 0.798. The van der Waals surface area contributed by atoms with Gasteiger partial charge in [-0.15, -0.1) is 0 Å². The lowest BCUT2D eigenvalue weighted by atomic mass is 9.94. The topological polar surface area (TPSA) is 52.6 Å². The summed E-state index contributed by atoms with van der Waals surface area (Å²) in [5, 5.41) is 0. The highest BCUT2D eigenvalue weighted by atomic mass is 32.2. The van der Waals surface area contributed by atoms with Crippen LogP contribution in [0, 0.1) is 13.8 Å². The summed E-state index contributed by atoms with van der Waals surface area (Å²) in [4.78, 5) is 0.153. The molecule has 0 aliphatic carbocycles. The Morgan fingerprint density at radius 1 is 0.794 bits per heavy atom. The average Bonchev–Trinajstić information content (AvgIpc) is 3.26. The van der Waals surface area contributed by atoms with Gasteiger partial charge in [0.2, 0.25) is 0 Å². The van der Waals surface area contributed by atoms with Crippen LogP contribution in [-0.2, 0) is 20.7 Å². The Morgan fingerprint density at radius 2 is 1.53 bits per heavy atom. The van der Waals surface area contributed by atoms with Crippen LogP contribution in [0.2, 0.25) is 0 Å². The van der Waals surface area contributed by atoms with Crippen molar-refractivity contribution in [2.45, 2.75) is 31.3 Å². The van der Waals surface area contributed by atoms with Gasteiger partial charge < -0.3 is 4.74 Å². The van der Waals surface area contributed by atoms with Crippen LogP contribution in [0.5, 0.6) is 5.75 Å². The SMILES string of the molecule is Cc1ccc(S(=O)(=O)OCC2Cc3cc(-c4ccccc4)cc(-c4cccc(C)c4)c3O2)cc1. The third kappa shape index (κ3) is 4.63. The molecular formula is C29H26O4S. The van der Waals surface area contributed by atoms with Crippen LogP contribution in [-0.4, -0.2) is 21.1 Å². The fourth-order valence-electron chi connectivity index (χ4n) is 4.29. The highest BCUT2D eigenvalue weighted by molar-refractivity contribution is 7.86. The molecule has 0 spiro atoms. The minimum Gasteiger partial charge on any atom is -0.487 e. The minimum atomic E-state index is -3.85. The predicted octanol–water partition coefficient (Wildman–Crippen LogP) is 6.35. The Hall–Kier alpha value is -3.41. The Balaban J connectivity index is 1.44. The molecule has 0 N–H and O–H groups in total. The van der Waals surface area contributed by atoms with E-state index >= 15 is 0 Å². The molecule has 0 radical (unpaired) electrons. The van der Waals surface area contributed by atoms with Gasteiger partial charge in [0.1, 0.15) is 18.5 Å². The van der Waals surface area contributed by atoms with Gasteiger partial charge in [-0.05, 0) is 60.4 Å². The highest BCUT2D eigenvalue weighted by Crippen LogP contribution is 2.42. The van der Waals surface area contributed by atoms with Crippen LogP contribution >= 0.6 is 0 Å². The first-order chi connectivity index (χ1) is 16.4. The number of hydrogen-bond acceptors (Lipinski definition) is 4. The molecule has 0 bridgehead atoms. The van der Waals surface area contributed by atoms with E-state index in [9.17, 15) is 8.42 Å². The van der Waals surface area contributed by atoms with Crippen molar-refractivity contribution >= 4 is 10.1 Å². The van der Waals surface area contributed by atoms with E-state index in [4.69, 9.17) is 8.92 Å². The number of benzene rings is 4. The minimum absolute atomic E-state index is 0.0428. The van der Waals surface area contributed by atoms with E-state index in [0.29, 0.717) is 6.42 Å². The molecule has 5 rings (SSSR count). The number of fused-ring (bicyclic) bond motifs is 1. The smallest absolute Gasteiger partial charge is 0.297 e. The second kappa shape index (κ2) is 9.09. The monoisotopic (exact) mass is 470 g/mol. The lowest BCUT2D eigenvalue weighted by Gasteiger charge is -2.14. The maximum atomic E-state index is 12.7. The molecule has 0 amide bonds. The summed E-state index contributed by atoms with van der Waals surface area (Å²) in [7, 11) is -3.85. The van der Waals surface area contributed by atoms with Crippen molar-refractivity contribution in [3.63, 3.8) is 0 Å². The van der Waals surface area contributed by atoms with Crippen LogP contribution in [0.4, 0.5) is 0 Å². The Labute approximate surface area is 200 Å². The van der Waals surface area contributed by atoms with Crippen molar-refractivity contribution in [1.82, 2.24) is 0 Å². The van der Waals surface area contributed by atoms with Gasteiger partial charge in [0, 0.05) is 12.0 Å². The molecular weight excluding hydrogens is 444 g/mol. The molecule has 34 heavy (non-hydrogen) atoms. The zero-order valence-corrected chi connectivity index (χ0v) is 20.0. The summed E-state index contributed by atoms with van der Waals surface area (Å²) in [6, 6.07) is 29.5. The van der Waals surface area contributed by atoms with Gasteiger partial charge in [-0.25, -0.2) is 0 Å². The first-order valence-corrected chi connectivity index (χ1v) is 12.7. The second-order valence-electron chi connectivity index (χ2n) is 8.74. The lowest BCUT2D eigenvalue weighted by Crippen LogP contribution is -2.23. The standard InChI is InChI=1S/C29H26O4S/c1-20-11-13-27(14-12-20)34(30,31)32-19-26-17-25-16-24(22-8-4-3-5-9-22)18-28(29(25)33-26)23-10-6-7-21(2)15-23/h3-16,18,26H,17,19H2,1-2H3. The van der Waals surface area contributed by atoms with Gasteiger partial charge >= 0.3 is 0 Å². The molecule has 0 saturated carbocycles. The first-order valence-electron chi connectivity index (χ1n) is 11.3. The number of hydrogen-bond donors (Lipinski definition) is 0. The van der Waals surface area contributed by atoms with Crippen molar-refractivity contribution in [3.8, 4) is 28.0 Å². The van der Waals surface area contributed by atoms with Crippen molar-refractivity contribution in [1.29, 1.82) is 0 Å². The third-order valence-electron chi connectivity index (χ3n) is 6.05. The fourth-order valence-corrected chi connectivity index (χ4v) is 5.23. The van der Waals surface area contributed by atoms with Crippen molar-refractivity contribution in [2.24, 2.45) is 0 Å². The van der Waals surface area contributed by atoms with Gasteiger partial charge in [-0.3, -0.25) is 4.18 Å². The third-order valence-corrected chi connectivity index (χ3v) is 7.35. The molecule has 1 aliphatic heterocycles. The van der Waals surface area contributed by atoms with E-state index < -0.39 is 10.1 Å². The summed E-state index contributed by atoms with van der Waals surface area (Å²) < 4.78 is 37.0. The van der Waals surface area contributed by atoms with Gasteiger partial charge in [-0.2, -0.15) is 8.42 Å². The molecule has 1 atom stereocenters. The number of rotatable bonds is 6. The summed E-state index contributed by atoms with van der Waals surface area (Å²) in [5.41, 5.74) is 7.52. The molecule has 1 unspecified atom stereocenters. The maximum Gasteiger partial charge on any atom is 0.297 e. The molecule has 172 valence electrons. The molecule has 1 heterocycles. The van der Waals surface area contributed by atoms with Crippen LogP contribution in [0.3, 0.4) is 0 Å². The number of aryl methyl sites for hydroxylation is 2. The van der Waals surface area contributed by atoms with E-state index in [-0.39, 0.29) is 17.6 Å². The van der Waals surface area contributed by atoms with E-state index in [2.05, 4.69) is 49.4 Å². The zero-order valence-electron chi connectivity index (χ0n) is 19.2. The quantitative estimate of drug-likeness (QED) is 0.308. The van der Waals surface area contributed by atoms with E-state index in [1.54, 1.807) is 24.3 Å². The van der Waals surface area contributed by atoms with E-state index in [1.165, 1.54) is 5.56 Å². The van der Waals surface area contributed by atoms with Crippen LogP contribution in [0.25, 0.3) is 22.3 Å². The van der Waals surface area contributed by atoms with Crippen LogP contribution in [0.15, 0.2) is 95.9 Å². The second-order valence-corrected chi connectivity index (χ2v) is 10.4. The van der Waals surface area contributed by atoms with Crippen molar-refractivity contribution in [2.75, 3.05) is 6.61 Å². The Kier molecular flexibility index (Phi) is 5.98. The van der Waals surface area contributed by atoms with E-state index in [1.807, 2.05) is 31.2 Å². The fraction of sp³-hybridized carbons (Fsp3) is 0.172. The van der Waals surface area contributed by atoms with Gasteiger partial charge in [0.25, 0.3) is 10.1 Å². The molecule has 4 nitrogen and oxygen atoms in total.